The summed E-state index contributed by atoms with van der Waals surface area (Å²) in [5, 5.41) is 0. The number of nitrogens with zero attached hydrogens (tertiary/aromatic N) is 2. The molecule has 0 amide bonds. The highest BCUT2D eigenvalue weighted by Crippen LogP contribution is 2.07. The molecule has 3 nitrogen and oxygen atoms in total. The molecular formula is C8H9N3. The second-order valence-corrected chi connectivity index (χ2v) is 2.64. The van der Waals surface area contributed by atoms with Crippen molar-refractivity contribution in [3.63, 3.8) is 0 Å². The summed E-state index contributed by atoms with van der Waals surface area (Å²) in [5.41, 5.74) is 7.61. The Kier molecular flexibility index (Phi) is 1.12. The molecule has 0 aliphatic heterocycles. The minimum Gasteiger partial charge on any atom is -0.382 e. The molecule has 2 aromatic heterocycles. The van der Waals surface area contributed by atoms with Crippen LogP contribution in [0.5, 0.6) is 0 Å². The number of anilines is 1. The van der Waals surface area contributed by atoms with Crippen LogP contribution in [0.4, 0.5) is 5.82 Å². The predicted octanol–water partition coefficient (Wildman–Crippen LogP) is 1.22. The molecule has 0 spiro atoms. The van der Waals surface area contributed by atoms with Gasteiger partial charge in [0.15, 0.2) is 0 Å². The highest BCUT2D eigenvalue weighted by Gasteiger charge is 1.95. The Bertz CT molecular complexity index is 389. The van der Waals surface area contributed by atoms with Crippen molar-refractivity contribution in [2.75, 3.05) is 5.73 Å². The first-order chi connectivity index (χ1) is 5.25. The highest BCUT2D eigenvalue weighted by atomic mass is 15.0. The molecule has 0 radical (unpaired) electrons. The van der Waals surface area contributed by atoms with E-state index in [1.54, 1.807) is 0 Å². The van der Waals surface area contributed by atoms with Gasteiger partial charge in [0.2, 0.25) is 0 Å². The van der Waals surface area contributed by atoms with Crippen LogP contribution in [0, 0.1) is 6.92 Å². The lowest BCUT2D eigenvalue weighted by atomic mass is 10.3. The maximum absolute atomic E-state index is 5.51. The summed E-state index contributed by atoms with van der Waals surface area (Å²) in [6.45, 7) is 2.04. The van der Waals surface area contributed by atoms with E-state index in [-0.39, 0.29) is 0 Å². The van der Waals surface area contributed by atoms with Crippen molar-refractivity contribution in [2.45, 2.75) is 6.92 Å². The molecule has 0 saturated carbocycles. The Morgan fingerprint density at radius 3 is 3.00 bits per heavy atom. The van der Waals surface area contributed by atoms with Gasteiger partial charge in [-0.1, -0.05) is 6.07 Å². The summed E-state index contributed by atoms with van der Waals surface area (Å²) in [6, 6.07) is 3.97. The number of imidazole rings is 1. The van der Waals surface area contributed by atoms with Gasteiger partial charge in [0.05, 0.1) is 6.20 Å². The van der Waals surface area contributed by atoms with Crippen LogP contribution in [0.25, 0.3) is 5.65 Å². The number of hydrogen-bond acceptors (Lipinski definition) is 2. The molecule has 56 valence electrons. The number of rotatable bonds is 0. The molecule has 0 atom stereocenters. The summed E-state index contributed by atoms with van der Waals surface area (Å²) in [5.74, 6) is 0.565. The summed E-state index contributed by atoms with van der Waals surface area (Å²) >= 11 is 0. The van der Waals surface area contributed by atoms with E-state index in [1.807, 2.05) is 35.9 Å². The zero-order chi connectivity index (χ0) is 7.84. The van der Waals surface area contributed by atoms with Crippen molar-refractivity contribution in [3.8, 4) is 0 Å². The zero-order valence-corrected chi connectivity index (χ0v) is 6.28. The summed E-state index contributed by atoms with van der Waals surface area (Å²) in [6.07, 6.45) is 3.81. The number of pyridine rings is 1. The first kappa shape index (κ1) is 6.22. The highest BCUT2D eigenvalue weighted by molar-refractivity contribution is 5.46. The average molecular weight is 147 g/mol. The molecule has 2 heterocycles. The molecule has 0 aliphatic rings. The van der Waals surface area contributed by atoms with E-state index >= 15 is 0 Å². The average Bonchev–Trinajstić information content (AvgIpc) is 2.27. The molecule has 0 fully saturated rings. The fourth-order valence-electron chi connectivity index (χ4n) is 1.12. The van der Waals surface area contributed by atoms with E-state index in [1.165, 1.54) is 5.56 Å². The molecule has 0 bridgehead atoms. The minimum absolute atomic E-state index is 0.565. The Balaban J connectivity index is 2.82. The Morgan fingerprint density at radius 2 is 2.18 bits per heavy atom. The van der Waals surface area contributed by atoms with E-state index < -0.39 is 0 Å². The Labute approximate surface area is 64.5 Å². The quantitative estimate of drug-likeness (QED) is 0.609. The number of aromatic nitrogens is 2. The summed E-state index contributed by atoms with van der Waals surface area (Å²) in [7, 11) is 0. The van der Waals surface area contributed by atoms with Crippen molar-refractivity contribution in [1.29, 1.82) is 0 Å². The Hall–Kier alpha value is -1.51. The van der Waals surface area contributed by atoms with Gasteiger partial charge in [0.1, 0.15) is 11.5 Å². The van der Waals surface area contributed by atoms with Crippen molar-refractivity contribution >= 4 is 11.5 Å². The first-order valence-corrected chi connectivity index (χ1v) is 3.46. The van der Waals surface area contributed by atoms with Crippen molar-refractivity contribution < 1.29 is 0 Å². The standard InChI is InChI=1S/C8H9N3/c1-6-2-3-8-10-7(9)5-11(8)4-6/h2-5H,9H2,1H3. The van der Waals surface area contributed by atoms with Crippen LogP contribution in [-0.4, -0.2) is 9.38 Å². The zero-order valence-electron chi connectivity index (χ0n) is 6.28. The third-order valence-corrected chi connectivity index (χ3v) is 1.62. The molecular weight excluding hydrogens is 138 g/mol. The largest absolute Gasteiger partial charge is 0.382 e. The maximum Gasteiger partial charge on any atom is 0.142 e. The number of fused-ring (bicyclic) bond motifs is 1. The van der Waals surface area contributed by atoms with Gasteiger partial charge in [-0.25, -0.2) is 4.98 Å². The van der Waals surface area contributed by atoms with Crippen LogP contribution in [0.15, 0.2) is 24.5 Å². The van der Waals surface area contributed by atoms with E-state index in [4.69, 9.17) is 5.73 Å². The molecule has 2 rings (SSSR count). The third kappa shape index (κ3) is 0.941. The molecule has 0 saturated heterocycles. The van der Waals surface area contributed by atoms with E-state index in [2.05, 4.69) is 4.98 Å². The molecule has 3 heteroatoms. The van der Waals surface area contributed by atoms with Crippen molar-refractivity contribution in [2.24, 2.45) is 0 Å². The number of aryl methyl sites for hydroxylation is 1. The number of nitrogen functional groups attached to an aromatic ring is 1. The third-order valence-electron chi connectivity index (χ3n) is 1.62. The van der Waals surface area contributed by atoms with Crippen LogP contribution < -0.4 is 5.73 Å². The van der Waals surface area contributed by atoms with Gasteiger partial charge in [0, 0.05) is 6.20 Å². The van der Waals surface area contributed by atoms with Crippen molar-refractivity contribution in [1.82, 2.24) is 9.38 Å². The molecule has 0 aliphatic carbocycles. The van der Waals surface area contributed by atoms with Crippen LogP contribution in [0.3, 0.4) is 0 Å². The van der Waals surface area contributed by atoms with Gasteiger partial charge >= 0.3 is 0 Å². The molecule has 2 aromatic rings. The maximum atomic E-state index is 5.51. The summed E-state index contributed by atoms with van der Waals surface area (Å²) < 4.78 is 1.92. The smallest absolute Gasteiger partial charge is 0.142 e. The van der Waals surface area contributed by atoms with Gasteiger partial charge in [-0.2, -0.15) is 0 Å². The van der Waals surface area contributed by atoms with E-state index in [9.17, 15) is 0 Å². The first-order valence-electron chi connectivity index (χ1n) is 3.46. The normalized spacial score (nSPS) is 10.6. The van der Waals surface area contributed by atoms with Crippen molar-refractivity contribution in [3.05, 3.63) is 30.1 Å². The fraction of sp³-hybridized carbons (Fsp3) is 0.125. The molecule has 0 unspecified atom stereocenters. The second-order valence-electron chi connectivity index (χ2n) is 2.64. The Morgan fingerprint density at radius 1 is 1.36 bits per heavy atom. The van der Waals surface area contributed by atoms with Gasteiger partial charge < -0.3 is 10.1 Å². The number of hydrogen-bond donors (Lipinski definition) is 1. The minimum atomic E-state index is 0.565. The van der Waals surface area contributed by atoms with Gasteiger partial charge in [-0.3, -0.25) is 0 Å². The molecule has 2 N–H and O–H groups in total. The second kappa shape index (κ2) is 1.99. The molecule has 0 aromatic carbocycles. The molecule has 11 heavy (non-hydrogen) atoms. The van der Waals surface area contributed by atoms with Crippen LogP contribution >= 0.6 is 0 Å². The summed E-state index contributed by atoms with van der Waals surface area (Å²) in [4.78, 5) is 4.10. The number of nitrogens with two attached hydrogens (primary N) is 1. The monoisotopic (exact) mass is 147 g/mol. The van der Waals surface area contributed by atoms with E-state index in [0.717, 1.165) is 5.65 Å². The van der Waals surface area contributed by atoms with Gasteiger partial charge in [-0.15, -0.1) is 0 Å². The topological polar surface area (TPSA) is 43.3 Å². The predicted molar refractivity (Wildman–Crippen MR) is 44.3 cm³/mol. The lowest BCUT2D eigenvalue weighted by Crippen LogP contribution is -1.82. The van der Waals surface area contributed by atoms with Crippen LogP contribution in [0.1, 0.15) is 5.56 Å². The lowest BCUT2D eigenvalue weighted by Gasteiger charge is -1.92. The SMILES string of the molecule is Cc1ccc2nc(N)cn2c1. The van der Waals surface area contributed by atoms with E-state index in [0.29, 0.717) is 5.82 Å². The van der Waals surface area contributed by atoms with Gasteiger partial charge in [-0.05, 0) is 18.6 Å². The van der Waals surface area contributed by atoms with Gasteiger partial charge in [0.25, 0.3) is 0 Å². The van der Waals surface area contributed by atoms with Crippen LogP contribution in [0.2, 0.25) is 0 Å². The van der Waals surface area contributed by atoms with Crippen LogP contribution in [-0.2, 0) is 0 Å². The fourth-order valence-corrected chi connectivity index (χ4v) is 1.12. The lowest BCUT2D eigenvalue weighted by molar-refractivity contribution is 1.16.